The predicted octanol–water partition coefficient (Wildman–Crippen LogP) is 3.40. The number of allylic oxidation sites excluding steroid dienone is 1. The lowest BCUT2D eigenvalue weighted by molar-refractivity contribution is -0.384. The number of ether oxygens (including phenoxy) is 1. The molecule has 0 spiro atoms. The lowest BCUT2D eigenvalue weighted by atomic mass is 10.1. The third kappa shape index (κ3) is 2.03. The molecular weight excluding hydrogens is 312 g/mol. The highest BCUT2D eigenvalue weighted by atomic mass is 16.6. The summed E-state index contributed by atoms with van der Waals surface area (Å²) >= 11 is 0. The van der Waals surface area contributed by atoms with Crippen molar-refractivity contribution in [3.05, 3.63) is 69.6 Å². The third-order valence-corrected chi connectivity index (χ3v) is 3.87. The minimum atomic E-state index is -0.478. The van der Waals surface area contributed by atoms with Crippen LogP contribution in [0.2, 0.25) is 0 Å². The number of nitrogens with zero attached hydrogens (tertiary/aromatic N) is 1. The monoisotopic (exact) mass is 322 g/mol. The van der Waals surface area contributed by atoms with E-state index in [1.165, 1.54) is 24.3 Å². The summed E-state index contributed by atoms with van der Waals surface area (Å²) < 4.78 is 5.50. The maximum atomic E-state index is 12.4. The molecule has 0 saturated heterocycles. The van der Waals surface area contributed by atoms with E-state index in [4.69, 9.17) is 4.74 Å². The zero-order valence-corrected chi connectivity index (χ0v) is 12.1. The predicted molar refractivity (Wildman–Crippen MR) is 86.0 cm³/mol. The fourth-order valence-corrected chi connectivity index (χ4v) is 2.72. The molecule has 0 unspecified atom stereocenters. The Balaban J connectivity index is 1.81. The molecule has 7 heteroatoms. The van der Waals surface area contributed by atoms with E-state index in [2.05, 4.69) is 4.98 Å². The van der Waals surface area contributed by atoms with Gasteiger partial charge < -0.3 is 14.8 Å². The molecule has 2 heterocycles. The van der Waals surface area contributed by atoms with Gasteiger partial charge in [0.2, 0.25) is 5.78 Å². The van der Waals surface area contributed by atoms with Gasteiger partial charge in [0.15, 0.2) is 5.76 Å². The quantitative estimate of drug-likeness (QED) is 0.427. The smallest absolute Gasteiger partial charge is 0.270 e. The van der Waals surface area contributed by atoms with Crippen LogP contribution in [0.3, 0.4) is 0 Å². The summed E-state index contributed by atoms with van der Waals surface area (Å²) in [6, 6.07) is 9.03. The highest BCUT2D eigenvalue weighted by Crippen LogP contribution is 2.37. The number of nitro benzene ring substituents is 1. The van der Waals surface area contributed by atoms with E-state index in [9.17, 15) is 20.0 Å². The van der Waals surface area contributed by atoms with Crippen molar-refractivity contribution in [2.24, 2.45) is 0 Å². The van der Waals surface area contributed by atoms with Crippen molar-refractivity contribution in [1.82, 2.24) is 4.98 Å². The van der Waals surface area contributed by atoms with E-state index in [-0.39, 0.29) is 28.5 Å². The van der Waals surface area contributed by atoms with Gasteiger partial charge in [-0.1, -0.05) is 6.07 Å². The number of aromatic amines is 1. The Morgan fingerprint density at radius 2 is 2.08 bits per heavy atom. The maximum Gasteiger partial charge on any atom is 0.270 e. The average molecular weight is 322 g/mol. The molecule has 2 N–H and O–H groups in total. The molecule has 0 aliphatic carbocycles. The number of aromatic nitrogens is 1. The number of nitro groups is 1. The first-order valence-electron chi connectivity index (χ1n) is 7.06. The minimum absolute atomic E-state index is 0.0404. The van der Waals surface area contributed by atoms with Crippen LogP contribution in [0.4, 0.5) is 5.69 Å². The van der Waals surface area contributed by atoms with Crippen LogP contribution < -0.4 is 4.74 Å². The average Bonchev–Trinajstić information content (AvgIpc) is 3.10. The summed E-state index contributed by atoms with van der Waals surface area (Å²) in [5, 5.41) is 21.3. The number of aromatic hydroxyl groups is 1. The lowest BCUT2D eigenvalue weighted by Crippen LogP contribution is -1.98. The zero-order chi connectivity index (χ0) is 16.8. The summed E-state index contributed by atoms with van der Waals surface area (Å²) in [6.45, 7) is 0. The number of phenols is 1. The first-order chi connectivity index (χ1) is 11.5. The first-order valence-corrected chi connectivity index (χ1v) is 7.06. The van der Waals surface area contributed by atoms with Gasteiger partial charge in [0.25, 0.3) is 5.69 Å². The molecule has 7 nitrogen and oxygen atoms in total. The summed E-state index contributed by atoms with van der Waals surface area (Å²) in [6.07, 6.45) is 3.14. The summed E-state index contributed by atoms with van der Waals surface area (Å²) in [4.78, 5) is 25.8. The third-order valence-electron chi connectivity index (χ3n) is 3.87. The number of carbonyl (C=O) groups excluding carboxylic acids is 1. The van der Waals surface area contributed by atoms with Gasteiger partial charge in [-0.2, -0.15) is 0 Å². The van der Waals surface area contributed by atoms with Crippen LogP contribution in [0.5, 0.6) is 11.5 Å². The van der Waals surface area contributed by atoms with Gasteiger partial charge in [-0.05, 0) is 24.3 Å². The van der Waals surface area contributed by atoms with Gasteiger partial charge in [-0.15, -0.1) is 0 Å². The summed E-state index contributed by atoms with van der Waals surface area (Å²) in [5.74, 6) is -0.227. The van der Waals surface area contributed by atoms with Crippen LogP contribution in [0.15, 0.2) is 48.4 Å². The van der Waals surface area contributed by atoms with Gasteiger partial charge in [-0.25, -0.2) is 0 Å². The molecule has 118 valence electrons. The Labute approximate surface area is 135 Å². The molecule has 0 radical (unpaired) electrons. The second kappa shape index (κ2) is 4.95. The van der Waals surface area contributed by atoms with Gasteiger partial charge >= 0.3 is 0 Å². The molecule has 3 aromatic rings. The maximum absolute atomic E-state index is 12.4. The number of carbonyl (C=O) groups is 1. The fraction of sp³-hybridized carbons (Fsp3) is 0. The molecule has 2 aromatic carbocycles. The topological polar surface area (TPSA) is 105 Å². The van der Waals surface area contributed by atoms with Gasteiger partial charge in [-0.3, -0.25) is 14.9 Å². The fourth-order valence-electron chi connectivity index (χ4n) is 2.72. The molecule has 1 aromatic heterocycles. The van der Waals surface area contributed by atoms with Gasteiger partial charge in [0, 0.05) is 34.8 Å². The van der Waals surface area contributed by atoms with E-state index in [1.54, 1.807) is 24.4 Å². The van der Waals surface area contributed by atoms with Crippen molar-refractivity contribution in [1.29, 1.82) is 0 Å². The zero-order valence-electron chi connectivity index (χ0n) is 12.1. The Hall–Kier alpha value is -3.61. The van der Waals surface area contributed by atoms with E-state index < -0.39 is 10.7 Å². The van der Waals surface area contributed by atoms with Crippen molar-refractivity contribution >= 4 is 28.4 Å². The van der Waals surface area contributed by atoms with Crippen molar-refractivity contribution in [2.75, 3.05) is 0 Å². The number of hydrogen-bond donors (Lipinski definition) is 2. The van der Waals surface area contributed by atoms with Crippen molar-refractivity contribution in [3.63, 3.8) is 0 Å². The highest BCUT2D eigenvalue weighted by Gasteiger charge is 2.30. The van der Waals surface area contributed by atoms with Crippen molar-refractivity contribution in [2.45, 2.75) is 0 Å². The number of nitrogens with one attached hydrogen (secondary N) is 1. The number of benzene rings is 2. The summed E-state index contributed by atoms with van der Waals surface area (Å²) in [7, 11) is 0. The number of ketones is 1. The number of non-ortho nitro benzene ring substituents is 1. The van der Waals surface area contributed by atoms with E-state index in [0.29, 0.717) is 16.5 Å². The van der Waals surface area contributed by atoms with Crippen molar-refractivity contribution in [3.8, 4) is 11.5 Å². The molecule has 0 saturated carbocycles. The number of rotatable bonds is 2. The largest absolute Gasteiger partial charge is 0.507 e. The molecule has 4 rings (SSSR count). The molecule has 0 amide bonds. The van der Waals surface area contributed by atoms with Crippen molar-refractivity contribution < 1.29 is 19.6 Å². The van der Waals surface area contributed by atoms with Gasteiger partial charge in [0.1, 0.15) is 17.1 Å². The number of H-pyrrole nitrogens is 1. The number of fused-ring (bicyclic) bond motifs is 2. The van der Waals surface area contributed by atoms with Crippen LogP contribution in [-0.2, 0) is 0 Å². The molecule has 24 heavy (non-hydrogen) atoms. The molecule has 0 bridgehead atoms. The van der Waals surface area contributed by atoms with E-state index >= 15 is 0 Å². The Kier molecular flexibility index (Phi) is 2.89. The second-order valence-corrected chi connectivity index (χ2v) is 5.32. The lowest BCUT2D eigenvalue weighted by Gasteiger charge is -1.98. The Morgan fingerprint density at radius 3 is 2.83 bits per heavy atom. The molecule has 1 aliphatic heterocycles. The SMILES string of the molecule is O=C1C(=Cc2c[nH]c3ccc([N+](=O)[O-])cc23)Oc2cccc(O)c21. The minimum Gasteiger partial charge on any atom is -0.507 e. The Bertz CT molecular complexity index is 1050. The molecule has 0 fully saturated rings. The first kappa shape index (κ1) is 14.0. The normalized spacial score (nSPS) is 14.8. The Morgan fingerprint density at radius 1 is 1.25 bits per heavy atom. The van der Waals surface area contributed by atoms with E-state index in [1.807, 2.05) is 0 Å². The molecular formula is C17H10N2O5. The van der Waals surface area contributed by atoms with Crippen LogP contribution in [0.1, 0.15) is 15.9 Å². The van der Waals surface area contributed by atoms with Crippen LogP contribution in [0.25, 0.3) is 17.0 Å². The van der Waals surface area contributed by atoms with E-state index in [0.717, 1.165) is 0 Å². The number of hydrogen-bond acceptors (Lipinski definition) is 5. The standard InChI is InChI=1S/C17H10N2O5/c20-13-2-1-3-14-16(13)17(21)15(24-14)6-9-8-18-12-5-4-10(19(22)23)7-11(9)12/h1-8,18,20H. The van der Waals surface area contributed by atoms with Crippen LogP contribution >= 0.6 is 0 Å². The molecule has 0 atom stereocenters. The molecule has 1 aliphatic rings. The van der Waals surface area contributed by atoms with Crippen LogP contribution in [0, 0.1) is 10.1 Å². The second-order valence-electron chi connectivity index (χ2n) is 5.32. The summed E-state index contributed by atoms with van der Waals surface area (Å²) in [5.41, 5.74) is 1.37. The van der Waals surface area contributed by atoms with Gasteiger partial charge in [0.05, 0.1) is 4.92 Å². The van der Waals surface area contributed by atoms with Crippen LogP contribution in [-0.4, -0.2) is 20.8 Å². The number of phenolic OH excluding ortho intramolecular Hbond substituents is 1. The highest BCUT2D eigenvalue weighted by molar-refractivity contribution is 6.16. The number of Topliss-reactive ketones (excluding diaryl/α,β-unsaturated/α-hetero) is 1.